The first-order chi connectivity index (χ1) is 11.7. The first-order valence-electron chi connectivity index (χ1n) is 8.61. The Balaban J connectivity index is 1.55. The van der Waals surface area contributed by atoms with Gasteiger partial charge in [0.2, 0.25) is 0 Å². The second-order valence-electron chi connectivity index (χ2n) is 6.43. The fraction of sp³-hybridized carbons (Fsp3) is 0.706. The maximum absolute atomic E-state index is 5.54. The largest absolute Gasteiger partial charge is 0.379 e. The molecule has 3 rings (SSSR count). The molecule has 0 aromatic carbocycles. The summed E-state index contributed by atoms with van der Waals surface area (Å²) in [6, 6.07) is 2.17. The summed E-state index contributed by atoms with van der Waals surface area (Å²) in [4.78, 5) is 8.40. The second-order valence-corrected chi connectivity index (χ2v) is 8.54. The molecule has 5 nitrogen and oxygen atoms in total. The SMILES string of the molecule is CN=C(NCc1sccc1C)NCC1(N2CCOCC2)CCSC1. The van der Waals surface area contributed by atoms with E-state index < -0.39 is 0 Å². The lowest BCUT2D eigenvalue weighted by atomic mass is 9.95. The van der Waals surface area contributed by atoms with E-state index in [0.717, 1.165) is 45.4 Å². The molecule has 2 aliphatic rings. The summed E-state index contributed by atoms with van der Waals surface area (Å²) < 4.78 is 5.54. The number of ether oxygens (including phenoxy) is 1. The van der Waals surface area contributed by atoms with E-state index in [-0.39, 0.29) is 5.54 Å². The minimum absolute atomic E-state index is 0.241. The van der Waals surface area contributed by atoms with Crippen molar-refractivity contribution < 1.29 is 4.74 Å². The minimum atomic E-state index is 0.241. The Bertz CT molecular complexity index is 549. The van der Waals surface area contributed by atoms with Crippen LogP contribution in [0.2, 0.25) is 0 Å². The van der Waals surface area contributed by atoms with Crippen LogP contribution < -0.4 is 10.6 Å². The molecule has 0 bridgehead atoms. The Labute approximate surface area is 153 Å². The molecule has 0 spiro atoms. The molecular formula is C17H28N4OS2. The molecule has 7 heteroatoms. The molecule has 2 saturated heterocycles. The van der Waals surface area contributed by atoms with Crippen molar-refractivity contribution in [1.29, 1.82) is 0 Å². The molecule has 1 unspecified atom stereocenters. The van der Waals surface area contributed by atoms with E-state index in [9.17, 15) is 0 Å². The lowest BCUT2D eigenvalue weighted by molar-refractivity contribution is -0.0120. The number of nitrogens with one attached hydrogen (secondary N) is 2. The zero-order valence-corrected chi connectivity index (χ0v) is 16.3. The van der Waals surface area contributed by atoms with Crippen LogP contribution in [-0.4, -0.2) is 67.8 Å². The molecule has 1 aromatic heterocycles. The third-order valence-electron chi connectivity index (χ3n) is 4.96. The molecule has 2 fully saturated rings. The van der Waals surface area contributed by atoms with Gasteiger partial charge in [-0.1, -0.05) is 0 Å². The lowest BCUT2D eigenvalue weighted by Gasteiger charge is -2.43. The molecule has 0 radical (unpaired) electrons. The average Bonchev–Trinajstić information content (AvgIpc) is 3.26. The molecule has 24 heavy (non-hydrogen) atoms. The third-order valence-corrected chi connectivity index (χ3v) is 7.21. The van der Waals surface area contributed by atoms with Gasteiger partial charge in [0, 0.05) is 42.9 Å². The molecule has 0 saturated carbocycles. The zero-order chi connectivity index (χ0) is 16.8. The van der Waals surface area contributed by atoms with Gasteiger partial charge in [-0.15, -0.1) is 11.3 Å². The summed E-state index contributed by atoms with van der Waals surface area (Å²) in [5.41, 5.74) is 1.59. The number of nitrogens with zero attached hydrogens (tertiary/aromatic N) is 2. The number of hydrogen-bond donors (Lipinski definition) is 2. The Morgan fingerprint density at radius 1 is 1.38 bits per heavy atom. The Morgan fingerprint density at radius 2 is 2.21 bits per heavy atom. The zero-order valence-electron chi connectivity index (χ0n) is 14.6. The standard InChI is InChI=1S/C17H28N4OS2/c1-14-3-9-24-15(14)11-19-16(18-2)20-12-17(4-10-23-13-17)21-5-7-22-8-6-21/h3,9H,4-8,10-13H2,1-2H3,(H2,18,19,20). The van der Waals surface area contributed by atoms with Crippen LogP contribution in [0.15, 0.2) is 16.4 Å². The fourth-order valence-electron chi connectivity index (χ4n) is 3.35. The molecule has 1 atom stereocenters. The van der Waals surface area contributed by atoms with Gasteiger partial charge in [0.25, 0.3) is 0 Å². The number of rotatable bonds is 5. The molecule has 2 aliphatic heterocycles. The minimum Gasteiger partial charge on any atom is -0.379 e. The summed E-state index contributed by atoms with van der Waals surface area (Å²) in [6.07, 6.45) is 1.24. The van der Waals surface area contributed by atoms with E-state index in [0.29, 0.717) is 0 Å². The third kappa shape index (κ3) is 4.25. The quantitative estimate of drug-likeness (QED) is 0.614. The highest BCUT2D eigenvalue weighted by atomic mass is 32.2. The molecule has 134 valence electrons. The van der Waals surface area contributed by atoms with Crippen LogP contribution in [0.5, 0.6) is 0 Å². The van der Waals surface area contributed by atoms with E-state index in [4.69, 9.17) is 4.74 Å². The van der Waals surface area contributed by atoms with Gasteiger partial charge in [0.15, 0.2) is 5.96 Å². The predicted molar refractivity (Wildman–Crippen MR) is 104 cm³/mol. The summed E-state index contributed by atoms with van der Waals surface area (Å²) in [5.74, 6) is 3.34. The van der Waals surface area contributed by atoms with E-state index in [1.807, 2.05) is 7.05 Å². The normalized spacial score (nSPS) is 25.8. The lowest BCUT2D eigenvalue weighted by Crippen LogP contribution is -2.60. The molecular weight excluding hydrogens is 340 g/mol. The van der Waals surface area contributed by atoms with Crippen LogP contribution in [0, 0.1) is 6.92 Å². The van der Waals surface area contributed by atoms with Crippen LogP contribution in [0.1, 0.15) is 16.9 Å². The van der Waals surface area contributed by atoms with Crippen molar-refractivity contribution in [2.24, 2.45) is 4.99 Å². The number of thioether (sulfide) groups is 1. The van der Waals surface area contributed by atoms with Crippen LogP contribution in [0.4, 0.5) is 0 Å². The Hall–Kier alpha value is -0.760. The van der Waals surface area contributed by atoms with Gasteiger partial charge in [-0.3, -0.25) is 9.89 Å². The summed E-state index contributed by atoms with van der Waals surface area (Å²) >= 11 is 3.86. The Morgan fingerprint density at radius 3 is 2.83 bits per heavy atom. The van der Waals surface area contributed by atoms with E-state index in [1.165, 1.54) is 28.4 Å². The first kappa shape index (κ1) is 18.0. The maximum atomic E-state index is 5.54. The van der Waals surface area contributed by atoms with Crippen LogP contribution >= 0.6 is 23.1 Å². The predicted octanol–water partition coefficient (Wildman–Crippen LogP) is 1.93. The van der Waals surface area contributed by atoms with Gasteiger partial charge >= 0.3 is 0 Å². The van der Waals surface area contributed by atoms with Crippen molar-refractivity contribution in [2.45, 2.75) is 25.4 Å². The Kier molecular flexibility index (Phi) is 6.43. The first-order valence-corrected chi connectivity index (χ1v) is 10.6. The van der Waals surface area contributed by atoms with Gasteiger partial charge in [-0.2, -0.15) is 11.8 Å². The highest BCUT2D eigenvalue weighted by Gasteiger charge is 2.40. The van der Waals surface area contributed by atoms with Crippen molar-refractivity contribution in [3.05, 3.63) is 21.9 Å². The number of thiophene rings is 1. The van der Waals surface area contributed by atoms with Crippen molar-refractivity contribution >= 4 is 29.1 Å². The number of aryl methyl sites for hydroxylation is 1. The second kappa shape index (κ2) is 8.56. The fourth-order valence-corrected chi connectivity index (χ4v) is 5.68. The molecule has 0 aliphatic carbocycles. The molecule has 2 N–H and O–H groups in total. The molecule has 1 aromatic rings. The van der Waals surface area contributed by atoms with Gasteiger partial charge < -0.3 is 15.4 Å². The van der Waals surface area contributed by atoms with Crippen LogP contribution in [-0.2, 0) is 11.3 Å². The van der Waals surface area contributed by atoms with Crippen molar-refractivity contribution in [3.63, 3.8) is 0 Å². The van der Waals surface area contributed by atoms with Crippen LogP contribution in [0.25, 0.3) is 0 Å². The number of aliphatic imine (C=N–C) groups is 1. The highest BCUT2D eigenvalue weighted by molar-refractivity contribution is 7.99. The maximum Gasteiger partial charge on any atom is 0.191 e. The van der Waals surface area contributed by atoms with E-state index >= 15 is 0 Å². The number of guanidine groups is 1. The van der Waals surface area contributed by atoms with Gasteiger partial charge in [0.05, 0.1) is 19.8 Å². The smallest absolute Gasteiger partial charge is 0.191 e. The van der Waals surface area contributed by atoms with Gasteiger partial charge in [0.1, 0.15) is 0 Å². The molecule has 3 heterocycles. The van der Waals surface area contributed by atoms with Crippen molar-refractivity contribution in [2.75, 3.05) is 51.4 Å². The van der Waals surface area contributed by atoms with Crippen molar-refractivity contribution in [3.8, 4) is 0 Å². The highest BCUT2D eigenvalue weighted by Crippen LogP contribution is 2.33. The summed E-state index contributed by atoms with van der Waals surface area (Å²) in [7, 11) is 1.85. The monoisotopic (exact) mass is 368 g/mol. The van der Waals surface area contributed by atoms with Crippen LogP contribution in [0.3, 0.4) is 0 Å². The number of morpholine rings is 1. The van der Waals surface area contributed by atoms with Crippen molar-refractivity contribution in [1.82, 2.24) is 15.5 Å². The van der Waals surface area contributed by atoms with Gasteiger partial charge in [-0.05, 0) is 36.1 Å². The van der Waals surface area contributed by atoms with Gasteiger partial charge in [-0.25, -0.2) is 0 Å². The topological polar surface area (TPSA) is 48.9 Å². The summed E-state index contributed by atoms with van der Waals surface area (Å²) in [5, 5.41) is 9.18. The molecule has 0 amide bonds. The van der Waals surface area contributed by atoms with E-state index in [2.05, 4.69) is 50.7 Å². The average molecular weight is 369 g/mol. The van der Waals surface area contributed by atoms with E-state index in [1.54, 1.807) is 11.3 Å². The summed E-state index contributed by atoms with van der Waals surface area (Å²) in [6.45, 7) is 7.75. The number of hydrogen-bond acceptors (Lipinski definition) is 5.